The van der Waals surface area contributed by atoms with Gasteiger partial charge in [-0.2, -0.15) is 0 Å². The Balaban J connectivity index is 0.000000621. The molecule has 0 aliphatic carbocycles. The van der Waals surface area contributed by atoms with Gasteiger partial charge in [-0.25, -0.2) is 9.86 Å². The molecular formula is C10H15AsCl2N2O5. The zero-order chi connectivity index (χ0) is 15.9. The predicted octanol–water partition coefficient (Wildman–Crippen LogP) is 1.99. The van der Waals surface area contributed by atoms with Crippen LogP contribution in [0.2, 0.25) is 15.8 Å². The van der Waals surface area contributed by atoms with Gasteiger partial charge in [-0.15, -0.1) is 0 Å². The monoisotopic (exact) mass is 388 g/mol. The van der Waals surface area contributed by atoms with Crippen molar-refractivity contribution in [3.8, 4) is 0 Å². The maximum absolute atomic E-state index is 11.4. The first-order valence-corrected chi connectivity index (χ1v) is 10.2. The number of carbonyl (C=O) groups is 1. The number of anilines is 1. The van der Waals surface area contributed by atoms with Gasteiger partial charge in [-0.05, 0) is 18.2 Å². The summed E-state index contributed by atoms with van der Waals surface area (Å²) in [7, 11) is 2.89. The molecule has 0 saturated heterocycles. The van der Waals surface area contributed by atoms with E-state index in [0.717, 1.165) is 10.8 Å². The fourth-order valence-corrected chi connectivity index (χ4v) is 1.16. The van der Waals surface area contributed by atoms with E-state index in [0.29, 0.717) is 15.7 Å². The molecule has 0 atom stereocenters. The van der Waals surface area contributed by atoms with Gasteiger partial charge in [0, 0.05) is 12.7 Å². The molecule has 0 fully saturated rings. The third kappa shape index (κ3) is 9.25. The van der Waals surface area contributed by atoms with E-state index in [1.807, 2.05) is 0 Å². The number of urea groups is 1. The van der Waals surface area contributed by atoms with Crippen LogP contribution in [0.15, 0.2) is 18.2 Å². The van der Waals surface area contributed by atoms with Crippen LogP contribution in [-0.4, -0.2) is 47.6 Å². The van der Waals surface area contributed by atoms with Crippen molar-refractivity contribution < 1.29 is 21.6 Å². The van der Waals surface area contributed by atoms with Crippen molar-refractivity contribution in [3.05, 3.63) is 28.2 Å². The summed E-state index contributed by atoms with van der Waals surface area (Å²) in [5, 5.41) is 4.46. The minimum absolute atomic E-state index is 0.384. The summed E-state index contributed by atoms with van der Waals surface area (Å²) in [6, 6.07) is 4.42. The fraction of sp³-hybridized carbons (Fsp3) is 0.300. The summed E-state index contributed by atoms with van der Waals surface area (Å²) in [6.07, 6.45) is 0. The van der Waals surface area contributed by atoms with Crippen molar-refractivity contribution in [3.63, 3.8) is 0 Å². The Labute approximate surface area is 129 Å². The van der Waals surface area contributed by atoms with Crippen LogP contribution in [0, 0.1) is 0 Å². The number of hydroxylamine groups is 2. The Bertz CT molecular complexity index is 500. The number of rotatable bonds is 2. The minimum atomic E-state index is -4.12. The third-order valence-corrected chi connectivity index (χ3v) is 2.47. The van der Waals surface area contributed by atoms with Crippen LogP contribution in [0.3, 0.4) is 0 Å². The number of amides is 2. The van der Waals surface area contributed by atoms with Crippen LogP contribution in [-0.2, 0) is 8.58 Å². The van der Waals surface area contributed by atoms with Gasteiger partial charge in [-0.1, -0.05) is 23.2 Å². The molecule has 2 amide bonds. The fourth-order valence-electron chi connectivity index (χ4n) is 0.859. The van der Waals surface area contributed by atoms with E-state index in [9.17, 15) is 8.53 Å². The molecule has 20 heavy (non-hydrogen) atoms. The van der Waals surface area contributed by atoms with E-state index in [2.05, 4.69) is 5.32 Å². The van der Waals surface area contributed by atoms with Crippen LogP contribution in [0.1, 0.15) is 0 Å². The van der Waals surface area contributed by atoms with Crippen LogP contribution in [0.5, 0.6) is 0 Å². The molecule has 0 heterocycles. The second-order valence-corrected chi connectivity index (χ2v) is 7.89. The molecule has 0 aliphatic rings. The number of nitrogens with one attached hydrogen (secondary N) is 1. The molecule has 0 aromatic heterocycles. The Morgan fingerprint density at radius 3 is 2.25 bits per heavy atom. The standard InChI is InChI=1S/C9H10Cl2N2O2.CH5AsO3/c1-13(15-2)9(14)12-6-3-4-7(10)8(11)5-6;1-2(3,4)5/h3-5H,1-2H3,(H,12,14);1H3,(H2,3,4,5). The number of halogens is 2. The molecule has 1 rings (SSSR count). The van der Waals surface area contributed by atoms with Crippen LogP contribution < -0.4 is 5.32 Å². The molecule has 1 aromatic carbocycles. The third-order valence-electron chi connectivity index (χ3n) is 1.73. The van der Waals surface area contributed by atoms with Crippen molar-refractivity contribution in [1.29, 1.82) is 0 Å². The molecule has 10 heteroatoms. The zero-order valence-electron chi connectivity index (χ0n) is 11.0. The van der Waals surface area contributed by atoms with Gasteiger partial charge in [-0.3, -0.25) is 4.84 Å². The van der Waals surface area contributed by atoms with Gasteiger partial charge >= 0.3 is 37.8 Å². The van der Waals surface area contributed by atoms with E-state index in [1.54, 1.807) is 18.2 Å². The molecule has 0 spiro atoms. The van der Waals surface area contributed by atoms with E-state index in [4.69, 9.17) is 36.2 Å². The first kappa shape index (κ1) is 19.3. The molecule has 3 N–H and O–H groups in total. The molecule has 0 unspecified atom stereocenters. The number of carbonyl (C=O) groups excluding carboxylic acids is 1. The van der Waals surface area contributed by atoms with Gasteiger partial charge in [0.25, 0.3) is 0 Å². The second kappa shape index (κ2) is 8.56. The van der Waals surface area contributed by atoms with E-state index in [-0.39, 0.29) is 0 Å². The predicted molar refractivity (Wildman–Crippen MR) is 77.0 cm³/mol. The summed E-state index contributed by atoms with van der Waals surface area (Å²) < 4.78 is 24.8. The molecular weight excluding hydrogens is 374 g/mol. The van der Waals surface area contributed by atoms with Gasteiger partial charge in [0.05, 0.1) is 17.2 Å². The van der Waals surface area contributed by atoms with Crippen LogP contribution >= 0.6 is 23.2 Å². The Morgan fingerprint density at radius 2 is 1.85 bits per heavy atom. The summed E-state index contributed by atoms with van der Waals surface area (Å²) >= 11 is 7.38. The number of hydrogen-bond donors (Lipinski definition) is 3. The molecule has 0 bridgehead atoms. The summed E-state index contributed by atoms with van der Waals surface area (Å²) in [5.41, 5.74) is 1.47. The quantitative estimate of drug-likeness (QED) is 0.531. The molecule has 0 saturated carbocycles. The number of benzene rings is 1. The zero-order valence-corrected chi connectivity index (χ0v) is 14.4. The Hall–Kier alpha value is -0.692. The average Bonchev–Trinajstić information content (AvgIpc) is 2.30. The molecule has 0 aliphatic heterocycles. The topological polar surface area (TPSA) is 99.1 Å². The number of hydrogen-bond acceptors (Lipinski definition) is 3. The second-order valence-electron chi connectivity index (χ2n) is 3.57. The number of nitrogens with zero attached hydrogens (tertiary/aromatic N) is 1. The van der Waals surface area contributed by atoms with Crippen molar-refractivity contribution >= 4 is 49.1 Å². The van der Waals surface area contributed by atoms with Crippen molar-refractivity contribution in [2.45, 2.75) is 5.71 Å². The summed E-state index contributed by atoms with van der Waals surface area (Å²) in [4.78, 5) is 16.1. The van der Waals surface area contributed by atoms with Gasteiger partial charge in [0.15, 0.2) is 0 Å². The summed E-state index contributed by atoms with van der Waals surface area (Å²) in [5.74, 6) is 0. The maximum atomic E-state index is 11.4. The molecule has 1 aromatic rings. The average molecular weight is 389 g/mol. The molecule has 7 nitrogen and oxygen atoms in total. The van der Waals surface area contributed by atoms with Crippen molar-refractivity contribution in [2.75, 3.05) is 19.5 Å². The van der Waals surface area contributed by atoms with Crippen molar-refractivity contribution in [1.82, 2.24) is 5.06 Å². The van der Waals surface area contributed by atoms with Crippen LogP contribution in [0.25, 0.3) is 0 Å². The Morgan fingerprint density at radius 1 is 1.35 bits per heavy atom. The Kier molecular flexibility index (Phi) is 8.27. The van der Waals surface area contributed by atoms with Crippen molar-refractivity contribution in [2.24, 2.45) is 0 Å². The SMILES string of the molecule is CON(C)C(=O)Nc1ccc(Cl)c(Cl)c1.C[As](=O)(O)O. The molecule has 114 valence electrons. The normalized spacial score (nSPS) is 10.3. The van der Waals surface area contributed by atoms with E-state index in [1.165, 1.54) is 14.2 Å². The van der Waals surface area contributed by atoms with Gasteiger partial charge in [0.1, 0.15) is 0 Å². The van der Waals surface area contributed by atoms with E-state index >= 15 is 0 Å². The first-order chi connectivity index (χ1) is 9.04. The van der Waals surface area contributed by atoms with Gasteiger partial charge in [0.2, 0.25) is 0 Å². The molecule has 0 radical (unpaired) electrons. The van der Waals surface area contributed by atoms with Crippen LogP contribution in [0.4, 0.5) is 10.5 Å². The van der Waals surface area contributed by atoms with Gasteiger partial charge < -0.3 is 5.32 Å². The first-order valence-electron chi connectivity index (χ1n) is 5.11. The van der Waals surface area contributed by atoms with E-state index < -0.39 is 20.2 Å². The summed E-state index contributed by atoms with van der Waals surface area (Å²) in [6.45, 7) is 0.